The minimum atomic E-state index is -1.25. The molecule has 0 amide bonds. The Morgan fingerprint density at radius 2 is 2.20 bits per heavy atom. The first-order chi connectivity index (χ1) is 7.20. The van der Waals surface area contributed by atoms with E-state index in [0.29, 0.717) is 10.9 Å². The maximum Gasteiger partial charge on any atom is 0.0921 e. The van der Waals surface area contributed by atoms with Gasteiger partial charge in [0.1, 0.15) is 0 Å². The molecule has 0 saturated carbocycles. The van der Waals surface area contributed by atoms with Crippen LogP contribution in [0.25, 0.3) is 5.57 Å². The molecule has 0 atom stereocenters. The fourth-order valence-electron chi connectivity index (χ4n) is 1.24. The number of hydrogen-bond donors (Lipinski definition) is 0. The van der Waals surface area contributed by atoms with Crippen molar-refractivity contribution in [2.45, 2.75) is 5.33 Å². The molecule has 0 aromatic heterocycles. The Morgan fingerprint density at radius 1 is 1.53 bits per heavy atom. The number of alkyl halides is 1. The van der Waals surface area contributed by atoms with Gasteiger partial charge in [-0.15, -0.1) is 0 Å². The number of hydrogen-bond acceptors (Lipinski definition) is 3. The van der Waals surface area contributed by atoms with Gasteiger partial charge in [-0.3, -0.25) is 0 Å². The Morgan fingerprint density at radius 3 is 2.73 bits per heavy atom. The lowest BCUT2D eigenvalue weighted by atomic mass is 10.0. The molecule has 3 nitrogen and oxygen atoms in total. The predicted octanol–water partition coefficient (Wildman–Crippen LogP) is 1.32. The van der Waals surface area contributed by atoms with Crippen LogP contribution in [0.2, 0.25) is 0 Å². The van der Waals surface area contributed by atoms with Crippen molar-refractivity contribution in [3.8, 4) is 0 Å². The highest BCUT2D eigenvalue weighted by molar-refractivity contribution is 9.08. The summed E-state index contributed by atoms with van der Waals surface area (Å²) in [5.41, 5.74) is 1.54. The lowest BCUT2D eigenvalue weighted by molar-refractivity contribution is -0.295. The van der Waals surface area contributed by atoms with E-state index in [2.05, 4.69) is 15.9 Å². The molecule has 0 unspecified atom stereocenters. The zero-order valence-electron chi connectivity index (χ0n) is 8.20. The van der Waals surface area contributed by atoms with Crippen LogP contribution in [0.4, 0.5) is 0 Å². The number of rotatable bonds is 4. The van der Waals surface area contributed by atoms with E-state index in [0.717, 1.165) is 5.56 Å². The van der Waals surface area contributed by atoms with Crippen LogP contribution in [0.3, 0.4) is 0 Å². The molecular weight excluding hydrogens is 260 g/mol. The molecule has 1 aromatic rings. The Balaban J connectivity index is 3.22. The van der Waals surface area contributed by atoms with Crippen molar-refractivity contribution < 1.29 is 14.6 Å². The maximum absolute atomic E-state index is 10.9. The number of methoxy groups -OCH3 is 1. The standard InChI is InChI=1S/C11H11BrO3/c1-15-7-10(11(13)14)9-5-3-2-4-8(9)6-12/h2-5,7H,6H2,1H3,(H,13,14)/p-1. The summed E-state index contributed by atoms with van der Waals surface area (Å²) < 4.78 is 4.72. The molecule has 1 rings (SSSR count). The molecule has 0 heterocycles. The van der Waals surface area contributed by atoms with E-state index in [-0.39, 0.29) is 5.57 Å². The summed E-state index contributed by atoms with van der Waals surface area (Å²) in [5.74, 6) is -1.25. The smallest absolute Gasteiger partial charge is 0.0921 e. The number of carboxylic acids is 1. The van der Waals surface area contributed by atoms with Crippen LogP contribution in [-0.4, -0.2) is 13.1 Å². The predicted molar refractivity (Wildman–Crippen MR) is 59.1 cm³/mol. The first-order valence-corrected chi connectivity index (χ1v) is 5.41. The topological polar surface area (TPSA) is 49.4 Å². The lowest BCUT2D eigenvalue weighted by Gasteiger charge is -2.11. The summed E-state index contributed by atoms with van der Waals surface area (Å²) in [7, 11) is 1.40. The van der Waals surface area contributed by atoms with E-state index >= 15 is 0 Å². The Bertz CT molecular complexity index is 385. The first-order valence-electron chi connectivity index (χ1n) is 4.29. The molecule has 0 spiro atoms. The molecule has 0 saturated heterocycles. The summed E-state index contributed by atoms with van der Waals surface area (Å²) in [6, 6.07) is 7.18. The Hall–Kier alpha value is -1.29. The Labute approximate surface area is 96.5 Å². The van der Waals surface area contributed by atoms with Crippen LogP contribution in [0.1, 0.15) is 11.1 Å². The minimum absolute atomic E-state index is 0.0487. The zero-order chi connectivity index (χ0) is 11.3. The molecule has 0 bridgehead atoms. The summed E-state index contributed by atoms with van der Waals surface area (Å²) in [5, 5.41) is 11.5. The molecule has 0 aliphatic rings. The van der Waals surface area contributed by atoms with Crippen molar-refractivity contribution in [3.05, 3.63) is 41.7 Å². The van der Waals surface area contributed by atoms with E-state index in [9.17, 15) is 9.90 Å². The molecule has 0 radical (unpaired) electrons. The summed E-state index contributed by atoms with van der Waals surface area (Å²) in [6.07, 6.45) is 1.18. The summed E-state index contributed by atoms with van der Waals surface area (Å²) in [6.45, 7) is 0. The number of benzene rings is 1. The number of carbonyl (C=O) groups excluding carboxylic acids is 1. The molecule has 4 heteroatoms. The van der Waals surface area contributed by atoms with E-state index in [1.165, 1.54) is 13.4 Å². The second-order valence-corrected chi connectivity index (χ2v) is 3.41. The first kappa shape index (κ1) is 11.8. The highest BCUT2D eigenvalue weighted by atomic mass is 79.9. The fraction of sp³-hybridized carbons (Fsp3) is 0.182. The quantitative estimate of drug-likeness (QED) is 0.471. The average Bonchev–Trinajstić information content (AvgIpc) is 2.25. The van der Waals surface area contributed by atoms with Crippen LogP contribution in [-0.2, 0) is 14.9 Å². The van der Waals surface area contributed by atoms with Gasteiger partial charge in [-0.1, -0.05) is 40.2 Å². The van der Waals surface area contributed by atoms with Gasteiger partial charge in [0.05, 0.1) is 19.3 Å². The number of aliphatic carboxylic acids is 1. The van der Waals surface area contributed by atoms with E-state index in [1.807, 2.05) is 12.1 Å². The fourth-order valence-corrected chi connectivity index (χ4v) is 1.73. The third-order valence-electron chi connectivity index (χ3n) is 1.91. The second kappa shape index (κ2) is 5.56. The maximum atomic E-state index is 10.9. The van der Waals surface area contributed by atoms with Crippen molar-refractivity contribution >= 4 is 27.5 Å². The van der Waals surface area contributed by atoms with Gasteiger partial charge in [-0.2, -0.15) is 0 Å². The van der Waals surface area contributed by atoms with Crippen molar-refractivity contribution in [2.75, 3.05) is 7.11 Å². The number of carboxylic acid groups (broad SMARTS) is 1. The van der Waals surface area contributed by atoms with Crippen LogP contribution >= 0.6 is 15.9 Å². The van der Waals surface area contributed by atoms with Crippen molar-refractivity contribution in [1.82, 2.24) is 0 Å². The van der Waals surface area contributed by atoms with Gasteiger partial charge in [0.15, 0.2) is 0 Å². The Kier molecular flexibility index (Phi) is 4.37. The van der Waals surface area contributed by atoms with Crippen LogP contribution in [0.15, 0.2) is 30.5 Å². The minimum Gasteiger partial charge on any atom is -0.545 e. The van der Waals surface area contributed by atoms with Gasteiger partial charge in [0.2, 0.25) is 0 Å². The number of ether oxygens (including phenoxy) is 1. The van der Waals surface area contributed by atoms with E-state index in [1.54, 1.807) is 12.1 Å². The summed E-state index contributed by atoms with van der Waals surface area (Å²) >= 11 is 3.30. The highest BCUT2D eigenvalue weighted by Crippen LogP contribution is 2.20. The molecular formula is C11H10BrO3-. The normalized spacial score (nSPS) is 11.2. The van der Waals surface area contributed by atoms with Crippen LogP contribution < -0.4 is 5.11 Å². The monoisotopic (exact) mass is 269 g/mol. The van der Waals surface area contributed by atoms with Crippen molar-refractivity contribution in [1.29, 1.82) is 0 Å². The van der Waals surface area contributed by atoms with Gasteiger partial charge < -0.3 is 14.6 Å². The largest absolute Gasteiger partial charge is 0.545 e. The van der Waals surface area contributed by atoms with Gasteiger partial charge in [-0.05, 0) is 11.1 Å². The van der Waals surface area contributed by atoms with Gasteiger partial charge in [0.25, 0.3) is 0 Å². The molecule has 0 N–H and O–H groups in total. The van der Waals surface area contributed by atoms with Crippen LogP contribution in [0, 0.1) is 0 Å². The van der Waals surface area contributed by atoms with E-state index < -0.39 is 5.97 Å². The van der Waals surface area contributed by atoms with Crippen molar-refractivity contribution in [3.63, 3.8) is 0 Å². The van der Waals surface area contributed by atoms with Gasteiger partial charge in [0, 0.05) is 10.9 Å². The van der Waals surface area contributed by atoms with Crippen LogP contribution in [0.5, 0.6) is 0 Å². The summed E-state index contributed by atoms with van der Waals surface area (Å²) in [4.78, 5) is 10.9. The molecule has 0 fully saturated rings. The van der Waals surface area contributed by atoms with E-state index in [4.69, 9.17) is 4.74 Å². The second-order valence-electron chi connectivity index (χ2n) is 2.85. The number of halogens is 1. The van der Waals surface area contributed by atoms with Gasteiger partial charge in [-0.25, -0.2) is 0 Å². The average molecular weight is 270 g/mol. The molecule has 1 aromatic carbocycles. The molecule has 80 valence electrons. The zero-order valence-corrected chi connectivity index (χ0v) is 9.78. The van der Waals surface area contributed by atoms with Gasteiger partial charge >= 0.3 is 0 Å². The third kappa shape index (κ3) is 2.83. The SMILES string of the molecule is COC=C(C(=O)[O-])c1ccccc1CBr. The number of carbonyl (C=O) groups is 1. The lowest BCUT2D eigenvalue weighted by Crippen LogP contribution is -2.24. The van der Waals surface area contributed by atoms with Crippen molar-refractivity contribution in [2.24, 2.45) is 0 Å². The third-order valence-corrected chi connectivity index (χ3v) is 2.51. The highest BCUT2D eigenvalue weighted by Gasteiger charge is 2.07. The molecule has 15 heavy (non-hydrogen) atoms. The molecule has 0 aliphatic heterocycles. The molecule has 0 aliphatic carbocycles.